The van der Waals surface area contributed by atoms with Gasteiger partial charge in [0.2, 0.25) is 15.9 Å². The van der Waals surface area contributed by atoms with Crippen LogP contribution in [0.1, 0.15) is 35.6 Å². The van der Waals surface area contributed by atoms with Crippen molar-refractivity contribution in [3.63, 3.8) is 0 Å². The summed E-state index contributed by atoms with van der Waals surface area (Å²) in [4.78, 5) is 22.3. The van der Waals surface area contributed by atoms with Crippen LogP contribution in [0.5, 0.6) is 0 Å². The van der Waals surface area contributed by atoms with Gasteiger partial charge in [0.05, 0.1) is 18.6 Å². The number of carbonyl (C=O) groups excluding carboxylic acids is 1. The summed E-state index contributed by atoms with van der Waals surface area (Å²) in [7, 11) is -3.98. The fraction of sp³-hybridized carbons (Fsp3) is 0.310. The van der Waals surface area contributed by atoms with Crippen LogP contribution in [0.15, 0.2) is 83.9 Å². The van der Waals surface area contributed by atoms with Gasteiger partial charge in [0.1, 0.15) is 4.90 Å². The van der Waals surface area contributed by atoms with Crippen molar-refractivity contribution in [2.75, 3.05) is 13.1 Å². The predicted molar refractivity (Wildman–Crippen MR) is 150 cm³/mol. The molecule has 0 bridgehead atoms. The van der Waals surface area contributed by atoms with Crippen molar-refractivity contribution in [1.29, 1.82) is 0 Å². The first kappa shape index (κ1) is 27.0. The Hall–Kier alpha value is -3.07. The summed E-state index contributed by atoms with van der Waals surface area (Å²) >= 11 is 1.65. The van der Waals surface area contributed by atoms with E-state index in [1.54, 1.807) is 40.6 Å². The van der Waals surface area contributed by atoms with Crippen LogP contribution < -0.4 is 0 Å². The zero-order valence-electron chi connectivity index (χ0n) is 21.5. The fourth-order valence-electron chi connectivity index (χ4n) is 4.19. The lowest BCUT2D eigenvalue weighted by Crippen LogP contribution is -2.44. The van der Waals surface area contributed by atoms with Crippen LogP contribution in [0, 0.1) is 12.8 Å². The Balaban J connectivity index is 1.67. The molecule has 1 amide bonds. The average Bonchev–Trinajstić information content (AvgIpc) is 3.32. The highest BCUT2D eigenvalue weighted by Crippen LogP contribution is 2.26. The number of hydrogen-bond acceptors (Lipinski definition) is 5. The number of benzene rings is 2. The maximum atomic E-state index is 14.0. The number of hydrogen-bond donors (Lipinski definition) is 0. The van der Waals surface area contributed by atoms with Gasteiger partial charge in [-0.25, -0.2) is 8.42 Å². The minimum absolute atomic E-state index is 0.0908. The molecule has 0 saturated heterocycles. The lowest BCUT2D eigenvalue weighted by atomic mass is 10.1. The second-order valence-electron chi connectivity index (χ2n) is 9.39. The molecule has 4 rings (SSSR count). The highest BCUT2D eigenvalue weighted by atomic mass is 32.2. The van der Waals surface area contributed by atoms with Crippen LogP contribution in [0.3, 0.4) is 0 Å². The van der Waals surface area contributed by atoms with Crippen molar-refractivity contribution in [1.82, 2.24) is 14.2 Å². The minimum atomic E-state index is -3.98. The zero-order valence-corrected chi connectivity index (χ0v) is 23.1. The predicted octanol–water partition coefficient (Wildman–Crippen LogP) is 5.87. The van der Waals surface area contributed by atoms with Crippen LogP contribution in [-0.2, 0) is 27.9 Å². The van der Waals surface area contributed by atoms with Gasteiger partial charge in [-0.1, -0.05) is 68.8 Å². The van der Waals surface area contributed by atoms with Gasteiger partial charge in [0.25, 0.3) is 0 Å². The number of sulfonamides is 1. The first-order valence-corrected chi connectivity index (χ1v) is 14.7. The van der Waals surface area contributed by atoms with Gasteiger partial charge >= 0.3 is 0 Å². The SMILES string of the molecule is CC[C@@H](C)CN(CC(=O)N(Cc1ccccc1)Cc1ccc(C)s1)S(=O)(=O)c1cccc2cccnc12. The van der Waals surface area contributed by atoms with E-state index in [4.69, 9.17) is 0 Å². The highest BCUT2D eigenvalue weighted by Gasteiger charge is 2.31. The number of pyridine rings is 1. The van der Waals surface area contributed by atoms with Crippen molar-refractivity contribution in [3.05, 3.63) is 94.3 Å². The van der Waals surface area contributed by atoms with E-state index in [1.165, 1.54) is 9.18 Å². The third kappa shape index (κ3) is 6.63. The second-order valence-corrected chi connectivity index (χ2v) is 12.7. The summed E-state index contributed by atoms with van der Waals surface area (Å²) in [5, 5.41) is 0.747. The molecular formula is C29H33N3O3S2. The van der Waals surface area contributed by atoms with Gasteiger partial charge in [-0.3, -0.25) is 9.78 Å². The third-order valence-corrected chi connectivity index (χ3v) is 9.28. The Bertz CT molecular complexity index is 1450. The number of carbonyl (C=O) groups is 1. The Kier molecular flexibility index (Phi) is 8.74. The van der Waals surface area contributed by atoms with Gasteiger partial charge in [0.15, 0.2) is 0 Å². The number of amides is 1. The molecule has 6 nitrogen and oxygen atoms in total. The van der Waals surface area contributed by atoms with Crippen molar-refractivity contribution in [2.45, 2.75) is 45.2 Å². The summed E-state index contributed by atoms with van der Waals surface area (Å²) in [6, 6.07) is 22.6. The number of rotatable bonds is 11. The Morgan fingerprint density at radius 1 is 0.973 bits per heavy atom. The van der Waals surface area contributed by atoms with E-state index in [2.05, 4.69) is 4.98 Å². The largest absolute Gasteiger partial charge is 0.332 e. The fourth-order valence-corrected chi connectivity index (χ4v) is 6.77. The lowest BCUT2D eigenvalue weighted by molar-refractivity contribution is -0.132. The van der Waals surface area contributed by atoms with Crippen LogP contribution >= 0.6 is 11.3 Å². The van der Waals surface area contributed by atoms with Gasteiger partial charge in [-0.2, -0.15) is 4.31 Å². The summed E-state index contributed by atoms with van der Waals surface area (Å²) in [5.74, 6) is -0.136. The van der Waals surface area contributed by atoms with Crippen molar-refractivity contribution in [2.24, 2.45) is 5.92 Å². The van der Waals surface area contributed by atoms with Crippen LogP contribution in [0.2, 0.25) is 0 Å². The van der Waals surface area contributed by atoms with Gasteiger partial charge in [-0.05, 0) is 42.7 Å². The maximum absolute atomic E-state index is 14.0. The molecule has 2 aromatic carbocycles. The molecular weight excluding hydrogens is 502 g/mol. The lowest BCUT2D eigenvalue weighted by Gasteiger charge is -2.29. The van der Waals surface area contributed by atoms with E-state index in [-0.39, 0.29) is 29.8 Å². The average molecular weight is 536 g/mol. The minimum Gasteiger partial charge on any atom is -0.332 e. The molecule has 0 fully saturated rings. The zero-order chi connectivity index (χ0) is 26.4. The van der Waals surface area contributed by atoms with Gasteiger partial charge < -0.3 is 4.90 Å². The first-order valence-electron chi connectivity index (χ1n) is 12.5. The van der Waals surface area contributed by atoms with Gasteiger partial charge in [0, 0.05) is 34.4 Å². The maximum Gasteiger partial charge on any atom is 0.245 e. The molecule has 0 spiro atoms. The number of nitrogens with zero attached hydrogens (tertiary/aromatic N) is 3. The summed E-state index contributed by atoms with van der Waals surface area (Å²) in [6.07, 6.45) is 2.40. The number of fused-ring (bicyclic) bond motifs is 1. The summed E-state index contributed by atoms with van der Waals surface area (Å²) < 4.78 is 29.3. The smallest absolute Gasteiger partial charge is 0.245 e. The molecule has 4 aromatic rings. The van der Waals surface area contributed by atoms with E-state index in [0.717, 1.165) is 22.2 Å². The molecule has 194 valence electrons. The van der Waals surface area contributed by atoms with E-state index in [9.17, 15) is 13.2 Å². The number of aromatic nitrogens is 1. The van der Waals surface area contributed by atoms with Crippen molar-refractivity contribution < 1.29 is 13.2 Å². The molecule has 8 heteroatoms. The molecule has 37 heavy (non-hydrogen) atoms. The molecule has 0 aliphatic rings. The van der Waals surface area contributed by atoms with E-state index in [1.807, 2.05) is 75.4 Å². The number of para-hydroxylation sites is 1. The van der Waals surface area contributed by atoms with Crippen LogP contribution in [0.4, 0.5) is 0 Å². The molecule has 0 unspecified atom stereocenters. The standard InChI is InChI=1S/C29H33N3O3S2/c1-4-22(2)18-32(37(34,35)27-14-8-12-25-13-9-17-30-29(25)27)21-28(33)31(19-24-10-6-5-7-11-24)20-26-16-15-23(3)36-26/h5-17,22H,4,18-21H2,1-3H3/t22-/m1/s1. The summed E-state index contributed by atoms with van der Waals surface area (Å²) in [6.45, 7) is 6.93. The molecule has 1 atom stereocenters. The molecule has 0 radical (unpaired) electrons. The molecule has 2 aromatic heterocycles. The summed E-state index contributed by atoms with van der Waals surface area (Å²) in [5.41, 5.74) is 1.42. The topological polar surface area (TPSA) is 70.6 Å². The monoisotopic (exact) mass is 535 g/mol. The second kappa shape index (κ2) is 12.0. The van der Waals surface area contributed by atoms with E-state index < -0.39 is 10.0 Å². The number of aryl methyl sites for hydroxylation is 1. The van der Waals surface area contributed by atoms with Crippen molar-refractivity contribution >= 4 is 38.2 Å². The van der Waals surface area contributed by atoms with Crippen molar-refractivity contribution in [3.8, 4) is 0 Å². The molecule has 0 aliphatic heterocycles. The molecule has 2 heterocycles. The number of thiophene rings is 1. The Morgan fingerprint density at radius 2 is 1.73 bits per heavy atom. The van der Waals surface area contributed by atoms with Crippen LogP contribution in [0.25, 0.3) is 10.9 Å². The van der Waals surface area contributed by atoms with E-state index in [0.29, 0.717) is 18.6 Å². The normalized spacial score (nSPS) is 12.6. The Labute approximate surface area is 223 Å². The highest BCUT2D eigenvalue weighted by molar-refractivity contribution is 7.89. The Morgan fingerprint density at radius 3 is 2.43 bits per heavy atom. The third-order valence-electron chi connectivity index (χ3n) is 6.45. The molecule has 0 aliphatic carbocycles. The van der Waals surface area contributed by atoms with E-state index >= 15 is 0 Å². The molecule has 0 N–H and O–H groups in total. The molecule has 0 saturated carbocycles. The van der Waals surface area contributed by atoms with Gasteiger partial charge in [-0.15, -0.1) is 11.3 Å². The van der Waals surface area contributed by atoms with Crippen LogP contribution in [-0.4, -0.2) is 41.6 Å². The quantitative estimate of drug-likeness (QED) is 0.241. The first-order chi connectivity index (χ1) is 17.8.